The predicted octanol–water partition coefficient (Wildman–Crippen LogP) is 5.26. The highest BCUT2D eigenvalue weighted by molar-refractivity contribution is 6.72. The summed E-state index contributed by atoms with van der Waals surface area (Å²) in [7, 11) is -3.57. The van der Waals surface area contributed by atoms with Gasteiger partial charge in [-0.15, -0.1) is 6.58 Å². The zero-order valence-electron chi connectivity index (χ0n) is 31.3. The summed E-state index contributed by atoms with van der Waals surface area (Å²) in [5, 5.41) is 13.7. The molecular weight excluding hydrogens is 702 g/mol. The topological polar surface area (TPSA) is 106 Å². The molecule has 12 heteroatoms. The van der Waals surface area contributed by atoms with E-state index in [0.29, 0.717) is 49.4 Å². The van der Waals surface area contributed by atoms with Crippen molar-refractivity contribution in [3.8, 4) is 0 Å². The number of anilines is 3. The monoisotopic (exact) mass is 751 g/mol. The third kappa shape index (κ3) is 5.63. The Hall–Kier alpha value is -4.36. The molecule has 5 aliphatic rings. The van der Waals surface area contributed by atoms with Crippen LogP contribution in [0.25, 0.3) is 0 Å². The Morgan fingerprint density at radius 3 is 2.41 bits per heavy atom. The first kappa shape index (κ1) is 36.6. The van der Waals surface area contributed by atoms with Crippen LogP contribution in [0, 0.1) is 5.92 Å². The lowest BCUT2D eigenvalue weighted by Crippen LogP contribution is -2.55. The molecule has 0 aromatic heterocycles. The molecule has 0 bridgehead atoms. The molecule has 3 fully saturated rings. The van der Waals surface area contributed by atoms with Crippen molar-refractivity contribution in [1.82, 2.24) is 10.2 Å². The predicted molar refractivity (Wildman–Crippen MR) is 209 cm³/mol. The summed E-state index contributed by atoms with van der Waals surface area (Å²) in [4.78, 5) is 51.0. The molecule has 2 spiro atoms. The summed E-state index contributed by atoms with van der Waals surface area (Å²) in [6.45, 7) is 11.2. The molecule has 3 aromatic rings. The number of amides is 3. The molecule has 54 heavy (non-hydrogen) atoms. The van der Waals surface area contributed by atoms with Gasteiger partial charge in [0.2, 0.25) is 14.3 Å². The second-order valence-corrected chi connectivity index (χ2v) is 19.9. The average molecular weight is 752 g/mol. The highest BCUT2D eigenvalue weighted by atomic mass is 28.4. The molecule has 5 atom stereocenters. The van der Waals surface area contributed by atoms with Gasteiger partial charge in [-0.1, -0.05) is 55.5 Å². The van der Waals surface area contributed by atoms with E-state index in [-0.39, 0.29) is 37.3 Å². The van der Waals surface area contributed by atoms with Crippen LogP contribution in [0.15, 0.2) is 85.5 Å². The number of carbonyl (C=O) groups is 3. The van der Waals surface area contributed by atoms with E-state index in [4.69, 9.17) is 4.74 Å². The van der Waals surface area contributed by atoms with Gasteiger partial charge in [-0.3, -0.25) is 19.3 Å². The maximum Gasteiger partial charge on any atom is 0.264 e. The fourth-order valence-corrected chi connectivity index (χ4v) is 12.7. The minimum Gasteiger partial charge on any atom is -0.394 e. The SMILES string of the molecule is C=CCN1C(=O)[C@@]2(O[C@@H](CC(=O)N3Cc4ccccc4C[C@H]3CO)[C@H]([Si](C)(C)F)[C@H]2C)c2cc(N3CN(c4ccccc4)C4(CCNCC4)C3=O)ccc21. The number of nitrogens with one attached hydrogen (secondary N) is 1. The third-order valence-electron chi connectivity index (χ3n) is 12.8. The Bertz CT molecular complexity index is 1970. The Kier molecular flexibility index (Phi) is 9.31. The third-order valence-corrected chi connectivity index (χ3v) is 15.2. The molecule has 5 heterocycles. The number of ether oxygens (including phenoxy) is 1. The van der Waals surface area contributed by atoms with E-state index < -0.39 is 43.2 Å². The molecule has 5 aliphatic heterocycles. The molecule has 284 valence electrons. The molecule has 3 saturated heterocycles. The van der Waals surface area contributed by atoms with E-state index in [1.807, 2.05) is 84.6 Å². The lowest BCUT2D eigenvalue weighted by molar-refractivity contribution is -0.150. The van der Waals surface area contributed by atoms with Crippen molar-refractivity contribution in [2.75, 3.05) is 47.6 Å². The van der Waals surface area contributed by atoms with Gasteiger partial charge in [0.25, 0.3) is 11.8 Å². The van der Waals surface area contributed by atoms with Crippen molar-refractivity contribution in [2.24, 2.45) is 5.92 Å². The summed E-state index contributed by atoms with van der Waals surface area (Å²) in [6.07, 6.45) is 2.51. The van der Waals surface area contributed by atoms with Gasteiger partial charge >= 0.3 is 0 Å². The molecule has 0 unspecified atom stereocenters. The summed E-state index contributed by atoms with van der Waals surface area (Å²) < 4.78 is 23.6. The van der Waals surface area contributed by atoms with Crippen molar-refractivity contribution >= 4 is 43.2 Å². The maximum atomic E-state index is 16.7. The Balaban J connectivity index is 1.17. The number of hydrogen-bond acceptors (Lipinski definition) is 7. The number of nitrogens with zero attached hydrogens (tertiary/aromatic N) is 4. The smallest absolute Gasteiger partial charge is 0.264 e. The first-order valence-corrected chi connectivity index (χ1v) is 22.2. The number of hydrogen-bond donors (Lipinski definition) is 2. The largest absolute Gasteiger partial charge is 0.394 e. The summed E-state index contributed by atoms with van der Waals surface area (Å²) in [5.41, 5.74) is 1.98. The Morgan fingerprint density at radius 2 is 1.72 bits per heavy atom. The molecule has 3 amide bonds. The van der Waals surface area contributed by atoms with Crippen LogP contribution in [0.4, 0.5) is 21.2 Å². The quantitative estimate of drug-likeness (QED) is 0.184. The standard InChI is InChI=1S/C42H50FN5O5Si/c1-5-21-45-35-16-15-32(47-27-48(31-13-7-6-8-14-31)41(39(47)51)17-19-44-20-18-41)23-34(35)42(40(45)52)28(2)38(54(3,4)43)36(53-42)24-37(50)46-25-30-12-10-9-11-29(30)22-33(46)26-49/h5-16,23,28,33,36,38,44,49H,1,17-22,24-27H2,2-4H3/t28-,33+,36+,38-,42+/m1/s1. The lowest BCUT2D eigenvalue weighted by Gasteiger charge is -2.39. The first-order chi connectivity index (χ1) is 25.9. The van der Waals surface area contributed by atoms with Crippen molar-refractivity contribution in [1.29, 1.82) is 0 Å². The Morgan fingerprint density at radius 1 is 1.02 bits per heavy atom. The number of benzene rings is 3. The zero-order valence-corrected chi connectivity index (χ0v) is 32.3. The van der Waals surface area contributed by atoms with E-state index in [1.165, 1.54) is 0 Å². The molecule has 8 rings (SSSR count). The summed E-state index contributed by atoms with van der Waals surface area (Å²) >= 11 is 0. The number of para-hydroxylation sites is 1. The lowest BCUT2D eigenvalue weighted by atomic mass is 9.82. The molecule has 2 N–H and O–H groups in total. The Labute approximate surface area is 317 Å². The van der Waals surface area contributed by atoms with E-state index in [2.05, 4.69) is 16.8 Å². The van der Waals surface area contributed by atoms with Gasteiger partial charge in [-0.05, 0) is 86.9 Å². The second kappa shape index (κ2) is 13.7. The zero-order chi connectivity index (χ0) is 38.0. The molecule has 10 nitrogen and oxygen atoms in total. The molecule has 0 radical (unpaired) electrons. The number of piperidine rings is 1. The van der Waals surface area contributed by atoms with Crippen LogP contribution in [-0.4, -0.2) is 86.7 Å². The van der Waals surface area contributed by atoms with Crippen molar-refractivity contribution < 1.29 is 28.3 Å². The molecule has 3 aromatic carbocycles. The number of aliphatic hydroxyl groups is 1. The highest BCUT2D eigenvalue weighted by Gasteiger charge is 2.67. The van der Waals surface area contributed by atoms with Crippen molar-refractivity contribution in [2.45, 2.75) is 81.1 Å². The van der Waals surface area contributed by atoms with Crippen LogP contribution in [0.3, 0.4) is 0 Å². The fourth-order valence-electron chi connectivity index (χ4n) is 10.2. The van der Waals surface area contributed by atoms with Crippen molar-refractivity contribution in [3.63, 3.8) is 0 Å². The normalized spacial score (nSPS) is 27.6. The van der Waals surface area contributed by atoms with E-state index in [0.717, 1.165) is 29.9 Å². The number of fused-ring (bicyclic) bond motifs is 3. The van der Waals surface area contributed by atoms with Crippen LogP contribution in [0.1, 0.15) is 42.9 Å². The van der Waals surface area contributed by atoms with Gasteiger partial charge in [0.15, 0.2) is 5.60 Å². The average Bonchev–Trinajstić information content (AvgIpc) is 3.72. The summed E-state index contributed by atoms with van der Waals surface area (Å²) in [5.74, 6) is -1.15. The molecular formula is C42H50FN5O5Si. The molecule has 0 saturated carbocycles. The van der Waals surface area contributed by atoms with Gasteiger partial charge in [-0.25, -0.2) is 0 Å². The number of rotatable bonds is 8. The van der Waals surface area contributed by atoms with E-state index >= 15 is 4.11 Å². The minimum atomic E-state index is -3.57. The minimum absolute atomic E-state index is 0.00899. The summed E-state index contributed by atoms with van der Waals surface area (Å²) in [6, 6.07) is 23.1. The van der Waals surface area contributed by atoms with Gasteiger partial charge < -0.3 is 34.0 Å². The van der Waals surface area contributed by atoms with E-state index in [1.54, 1.807) is 29.0 Å². The maximum absolute atomic E-state index is 16.7. The van der Waals surface area contributed by atoms with Gasteiger partial charge in [0.05, 0.1) is 37.5 Å². The van der Waals surface area contributed by atoms with Crippen LogP contribution < -0.4 is 20.0 Å². The highest BCUT2D eigenvalue weighted by Crippen LogP contribution is 2.61. The fraction of sp³-hybridized carbons (Fsp3) is 0.452. The number of halogens is 1. The molecule has 0 aliphatic carbocycles. The second-order valence-electron chi connectivity index (χ2n) is 16.1. The van der Waals surface area contributed by atoms with Crippen LogP contribution in [0.5, 0.6) is 0 Å². The van der Waals surface area contributed by atoms with Crippen LogP contribution in [-0.2, 0) is 37.7 Å². The van der Waals surface area contributed by atoms with Gasteiger partial charge in [-0.2, -0.15) is 0 Å². The van der Waals surface area contributed by atoms with Crippen LogP contribution >= 0.6 is 0 Å². The number of aliphatic hydroxyl groups excluding tert-OH is 1. The van der Waals surface area contributed by atoms with Crippen LogP contribution in [0.2, 0.25) is 18.6 Å². The van der Waals surface area contributed by atoms with Gasteiger partial charge in [0, 0.05) is 41.5 Å². The van der Waals surface area contributed by atoms with Gasteiger partial charge in [0.1, 0.15) is 5.54 Å². The van der Waals surface area contributed by atoms with E-state index in [9.17, 15) is 19.5 Å². The first-order valence-electron chi connectivity index (χ1n) is 19.2. The van der Waals surface area contributed by atoms with Crippen molar-refractivity contribution in [3.05, 3.63) is 102 Å². The number of carbonyl (C=O) groups excluding carboxylic acids is 3.